The Morgan fingerprint density at radius 3 is 2.67 bits per heavy atom. The van der Waals surface area contributed by atoms with Crippen LogP contribution in [0.5, 0.6) is 0 Å². The van der Waals surface area contributed by atoms with Crippen LogP contribution < -0.4 is 0 Å². The molecule has 0 radical (unpaired) electrons. The number of hydrogen-bond donors (Lipinski definition) is 0. The van der Waals surface area contributed by atoms with E-state index in [4.69, 9.17) is 0 Å². The quantitative estimate of drug-likeness (QED) is 0.547. The summed E-state index contributed by atoms with van der Waals surface area (Å²) in [6.45, 7) is 1.31. The van der Waals surface area contributed by atoms with E-state index >= 15 is 0 Å². The molecule has 0 bridgehead atoms. The Bertz CT molecular complexity index is 361. The first-order chi connectivity index (χ1) is 7.31. The highest BCUT2D eigenvalue weighted by Crippen LogP contribution is 2.18. The molecular weight excluding hydrogens is 190 g/mol. The molecular formula is C12H13NO2. The first kappa shape index (κ1) is 9.90. The maximum absolute atomic E-state index is 11.6. The molecule has 1 fully saturated rings. The Hall–Kier alpha value is -1.64. The van der Waals surface area contributed by atoms with Crippen molar-refractivity contribution in [2.45, 2.75) is 13.0 Å². The third-order valence-electron chi connectivity index (χ3n) is 2.72. The molecule has 15 heavy (non-hydrogen) atoms. The highest BCUT2D eigenvalue weighted by Gasteiger charge is 2.30. The Morgan fingerprint density at radius 2 is 2.07 bits per heavy atom. The molecule has 0 aliphatic carbocycles. The summed E-state index contributed by atoms with van der Waals surface area (Å²) in [6.07, 6.45) is 1.42. The Kier molecular flexibility index (Phi) is 2.81. The smallest absolute Gasteiger partial charge is 0.233 e. The fourth-order valence-corrected chi connectivity index (χ4v) is 1.85. The molecule has 3 nitrogen and oxygen atoms in total. The number of nitrogens with zero attached hydrogens (tertiary/aromatic N) is 1. The first-order valence-corrected chi connectivity index (χ1v) is 5.09. The number of likely N-dealkylation sites (tertiary alicyclic amines) is 1. The van der Waals surface area contributed by atoms with Crippen molar-refractivity contribution in [1.29, 1.82) is 0 Å². The fraction of sp³-hybridized carbons (Fsp3) is 0.333. The average molecular weight is 203 g/mol. The summed E-state index contributed by atoms with van der Waals surface area (Å²) in [5.41, 5.74) is 1.11. The predicted octanol–water partition coefficient (Wildman–Crippen LogP) is 1.23. The van der Waals surface area contributed by atoms with Gasteiger partial charge in [0.2, 0.25) is 5.91 Å². The number of carbonyl (C=O) groups is 2. The summed E-state index contributed by atoms with van der Waals surface area (Å²) in [5, 5.41) is 0. The molecule has 0 spiro atoms. The van der Waals surface area contributed by atoms with Crippen molar-refractivity contribution < 1.29 is 9.59 Å². The van der Waals surface area contributed by atoms with Crippen LogP contribution >= 0.6 is 0 Å². The van der Waals surface area contributed by atoms with Gasteiger partial charge in [-0.2, -0.15) is 0 Å². The van der Waals surface area contributed by atoms with Gasteiger partial charge in [0.05, 0.1) is 5.92 Å². The number of carbonyl (C=O) groups excluding carboxylic acids is 2. The summed E-state index contributed by atoms with van der Waals surface area (Å²) in [7, 11) is 0. The van der Waals surface area contributed by atoms with E-state index in [-0.39, 0.29) is 5.91 Å². The maximum atomic E-state index is 11.6. The predicted molar refractivity (Wildman–Crippen MR) is 56.0 cm³/mol. The van der Waals surface area contributed by atoms with Gasteiger partial charge in [0, 0.05) is 13.1 Å². The molecule has 1 aromatic carbocycles. The summed E-state index contributed by atoms with van der Waals surface area (Å²) < 4.78 is 0. The summed E-state index contributed by atoms with van der Waals surface area (Å²) in [6, 6.07) is 9.83. The first-order valence-electron chi connectivity index (χ1n) is 5.09. The molecule has 1 atom stereocenters. The number of amides is 1. The normalized spacial score (nSPS) is 20.7. The van der Waals surface area contributed by atoms with Crippen molar-refractivity contribution in [2.75, 3.05) is 6.54 Å². The van der Waals surface area contributed by atoms with Crippen LogP contribution in [0, 0.1) is 5.92 Å². The topological polar surface area (TPSA) is 37.4 Å². The minimum Gasteiger partial charge on any atom is -0.338 e. The SMILES string of the molecule is O=C[C@@H]1CCN(Cc2ccccc2)C1=O. The Labute approximate surface area is 88.7 Å². The van der Waals surface area contributed by atoms with Gasteiger partial charge in [0.1, 0.15) is 6.29 Å². The molecule has 1 saturated heterocycles. The minimum atomic E-state index is -0.409. The second-order valence-electron chi connectivity index (χ2n) is 3.78. The third kappa shape index (κ3) is 2.06. The van der Waals surface area contributed by atoms with Gasteiger partial charge < -0.3 is 9.69 Å². The van der Waals surface area contributed by atoms with Crippen LogP contribution in [0.4, 0.5) is 0 Å². The van der Waals surface area contributed by atoms with E-state index in [0.717, 1.165) is 11.8 Å². The molecule has 3 heteroatoms. The molecule has 1 aliphatic rings. The van der Waals surface area contributed by atoms with E-state index in [9.17, 15) is 9.59 Å². The van der Waals surface area contributed by atoms with E-state index in [1.165, 1.54) is 0 Å². The lowest BCUT2D eigenvalue weighted by molar-refractivity contribution is -0.133. The standard InChI is InChI=1S/C12H13NO2/c14-9-11-6-7-13(12(11)15)8-10-4-2-1-3-5-10/h1-5,9,11H,6-8H2/t11-/m0/s1. The van der Waals surface area contributed by atoms with Crippen molar-refractivity contribution in [3.63, 3.8) is 0 Å². The summed E-state index contributed by atoms with van der Waals surface area (Å²) in [4.78, 5) is 23.9. The van der Waals surface area contributed by atoms with Crippen molar-refractivity contribution in [2.24, 2.45) is 5.92 Å². The summed E-state index contributed by atoms with van der Waals surface area (Å²) >= 11 is 0. The van der Waals surface area contributed by atoms with Crippen LogP contribution in [0.2, 0.25) is 0 Å². The molecule has 78 valence electrons. The van der Waals surface area contributed by atoms with Crippen LogP contribution in [0.1, 0.15) is 12.0 Å². The van der Waals surface area contributed by atoms with Gasteiger partial charge in [-0.3, -0.25) is 4.79 Å². The van der Waals surface area contributed by atoms with Crippen molar-refractivity contribution in [3.8, 4) is 0 Å². The monoisotopic (exact) mass is 203 g/mol. The summed E-state index contributed by atoms with van der Waals surface area (Å²) in [5.74, 6) is -0.442. The average Bonchev–Trinajstić information content (AvgIpc) is 2.62. The van der Waals surface area contributed by atoms with Gasteiger partial charge in [0.25, 0.3) is 0 Å². The van der Waals surface area contributed by atoms with E-state index in [1.54, 1.807) is 4.90 Å². The van der Waals surface area contributed by atoms with Crippen LogP contribution in [0.25, 0.3) is 0 Å². The lowest BCUT2D eigenvalue weighted by Crippen LogP contribution is -2.27. The van der Waals surface area contributed by atoms with Crippen molar-refractivity contribution in [3.05, 3.63) is 35.9 Å². The van der Waals surface area contributed by atoms with Crippen LogP contribution in [0.15, 0.2) is 30.3 Å². The van der Waals surface area contributed by atoms with Gasteiger partial charge in [0.15, 0.2) is 0 Å². The molecule has 1 amide bonds. The molecule has 0 aromatic heterocycles. The number of benzene rings is 1. The molecule has 0 N–H and O–H groups in total. The highest BCUT2D eigenvalue weighted by atomic mass is 16.2. The minimum absolute atomic E-state index is 0.0335. The maximum Gasteiger partial charge on any atom is 0.233 e. The zero-order chi connectivity index (χ0) is 10.7. The molecule has 0 unspecified atom stereocenters. The largest absolute Gasteiger partial charge is 0.338 e. The molecule has 1 aromatic rings. The van der Waals surface area contributed by atoms with Crippen molar-refractivity contribution in [1.82, 2.24) is 4.90 Å². The van der Waals surface area contributed by atoms with E-state index in [1.807, 2.05) is 30.3 Å². The van der Waals surface area contributed by atoms with Crippen LogP contribution in [-0.2, 0) is 16.1 Å². The molecule has 0 saturated carbocycles. The Morgan fingerprint density at radius 1 is 1.33 bits per heavy atom. The van der Waals surface area contributed by atoms with Gasteiger partial charge >= 0.3 is 0 Å². The van der Waals surface area contributed by atoms with E-state index in [2.05, 4.69) is 0 Å². The van der Waals surface area contributed by atoms with Crippen molar-refractivity contribution >= 4 is 12.2 Å². The van der Waals surface area contributed by atoms with Gasteiger partial charge in [-0.15, -0.1) is 0 Å². The molecule has 2 rings (SSSR count). The zero-order valence-electron chi connectivity index (χ0n) is 8.43. The van der Waals surface area contributed by atoms with Crippen LogP contribution in [0.3, 0.4) is 0 Å². The van der Waals surface area contributed by atoms with E-state index < -0.39 is 5.92 Å². The van der Waals surface area contributed by atoms with Crippen LogP contribution in [-0.4, -0.2) is 23.6 Å². The fourth-order valence-electron chi connectivity index (χ4n) is 1.85. The number of hydrogen-bond acceptors (Lipinski definition) is 2. The number of aldehydes is 1. The Balaban J connectivity index is 2.03. The lowest BCUT2D eigenvalue weighted by atomic mass is 10.1. The van der Waals surface area contributed by atoms with Gasteiger partial charge in [-0.05, 0) is 12.0 Å². The third-order valence-corrected chi connectivity index (χ3v) is 2.72. The molecule has 1 aliphatic heterocycles. The highest BCUT2D eigenvalue weighted by molar-refractivity contribution is 5.93. The zero-order valence-corrected chi connectivity index (χ0v) is 8.43. The van der Waals surface area contributed by atoms with E-state index in [0.29, 0.717) is 19.5 Å². The lowest BCUT2D eigenvalue weighted by Gasteiger charge is -2.15. The molecule has 1 heterocycles. The van der Waals surface area contributed by atoms with Gasteiger partial charge in [-0.1, -0.05) is 30.3 Å². The van der Waals surface area contributed by atoms with Gasteiger partial charge in [-0.25, -0.2) is 0 Å². The second-order valence-corrected chi connectivity index (χ2v) is 3.78. The second kappa shape index (κ2) is 4.26. The number of rotatable bonds is 3.